The molecule has 98 heavy (non-hydrogen) atoms. The summed E-state index contributed by atoms with van der Waals surface area (Å²) in [6, 6.07) is 124. The van der Waals surface area contributed by atoms with Gasteiger partial charge >= 0.3 is 0 Å². The Labute approximate surface area is 565 Å². The van der Waals surface area contributed by atoms with E-state index in [9.17, 15) is 0 Å². The molecule has 0 amide bonds. The predicted molar refractivity (Wildman–Crippen MR) is 416 cm³/mol. The molecule has 0 N–H and O–H groups in total. The van der Waals surface area contributed by atoms with Gasteiger partial charge in [-0.2, -0.15) is 0 Å². The summed E-state index contributed by atoms with van der Waals surface area (Å²) in [5.74, 6) is 0. The van der Waals surface area contributed by atoms with Crippen LogP contribution in [0.1, 0.15) is 0 Å². The van der Waals surface area contributed by atoms with Crippen LogP contribution in [0.5, 0.6) is 0 Å². The van der Waals surface area contributed by atoms with Gasteiger partial charge in [0.2, 0.25) is 0 Å². The SMILES string of the molecule is c1ccc(-n2c3cc4c(cc3c3c5ccccc5ccc32)c2ccccc2n4-c2cccc(-c3cccc4oc5ccccc5c34)c2)cc1.c1ccc(-n2c3cc4c(cc3c3c5ccccc5ccc32)c2ccccc2n4-c2cccc(-c3cccc4sc5ccccc5c34)c2)cc1. The van der Waals surface area contributed by atoms with Gasteiger partial charge in [0.05, 0.1) is 44.1 Å². The summed E-state index contributed by atoms with van der Waals surface area (Å²) in [5, 5.41) is 20.2. The van der Waals surface area contributed by atoms with Crippen LogP contribution in [0.2, 0.25) is 0 Å². The second-order valence-corrected chi connectivity index (χ2v) is 26.9. The van der Waals surface area contributed by atoms with Crippen LogP contribution in [0, 0.1) is 0 Å². The van der Waals surface area contributed by atoms with Gasteiger partial charge in [0.1, 0.15) is 11.2 Å². The Balaban J connectivity index is 0.000000129. The molecule has 0 unspecified atom stereocenters. The molecule has 0 saturated heterocycles. The lowest BCUT2D eigenvalue weighted by Gasteiger charge is -2.12. The van der Waals surface area contributed by atoms with Crippen molar-refractivity contribution in [1.82, 2.24) is 18.3 Å². The topological polar surface area (TPSA) is 32.9 Å². The minimum Gasteiger partial charge on any atom is -0.456 e. The standard InChI is InChI=1S/C46H28N2O.C46H28N2S/c2*1-2-14-31(15-3-1)47-40-25-24-29-12-4-5-17-33(29)45(40)38-27-37-35-18-6-8-21-39(35)48(41(37)28-42(38)47)32-16-10-13-30(26-32)34-20-11-23-44-46(34)36-19-7-9-22-43(36)49-44/h2*1-28H. The summed E-state index contributed by atoms with van der Waals surface area (Å²) in [5.41, 5.74) is 20.9. The maximum atomic E-state index is 6.27. The molecule has 6 heteroatoms. The van der Waals surface area contributed by atoms with Gasteiger partial charge in [-0.25, -0.2) is 0 Å². The number of rotatable bonds is 6. The Morgan fingerprint density at radius 1 is 0.204 bits per heavy atom. The summed E-state index contributed by atoms with van der Waals surface area (Å²) in [6.45, 7) is 0. The van der Waals surface area contributed by atoms with Gasteiger partial charge in [0, 0.05) is 96.8 Å². The third-order valence-electron chi connectivity index (χ3n) is 20.6. The van der Waals surface area contributed by atoms with E-state index in [1.807, 2.05) is 23.5 Å². The number of aromatic nitrogens is 4. The molecule has 22 rings (SSSR count). The number of hydrogen-bond donors (Lipinski definition) is 0. The lowest BCUT2D eigenvalue weighted by atomic mass is 9.99. The van der Waals surface area contributed by atoms with Crippen LogP contribution in [0.4, 0.5) is 0 Å². The van der Waals surface area contributed by atoms with Gasteiger partial charge < -0.3 is 22.7 Å². The highest BCUT2D eigenvalue weighted by atomic mass is 32.1. The maximum absolute atomic E-state index is 6.27. The molecule has 0 radical (unpaired) electrons. The molecule has 16 aromatic carbocycles. The largest absolute Gasteiger partial charge is 0.456 e. The van der Waals surface area contributed by atoms with Crippen molar-refractivity contribution in [1.29, 1.82) is 0 Å². The molecule has 0 saturated carbocycles. The Morgan fingerprint density at radius 3 is 1.18 bits per heavy atom. The quantitative estimate of drug-likeness (QED) is 0.163. The van der Waals surface area contributed by atoms with E-state index < -0.39 is 0 Å². The second-order valence-electron chi connectivity index (χ2n) is 25.8. The molecule has 0 bridgehead atoms. The summed E-state index contributed by atoms with van der Waals surface area (Å²) < 4.78 is 18.7. The monoisotopic (exact) mass is 1260 g/mol. The number of hydrogen-bond acceptors (Lipinski definition) is 2. The lowest BCUT2D eigenvalue weighted by molar-refractivity contribution is 0.669. The number of nitrogens with zero attached hydrogens (tertiary/aromatic N) is 4. The minimum atomic E-state index is 0.907. The number of fused-ring (bicyclic) bond motifs is 22. The first-order valence-electron chi connectivity index (χ1n) is 33.5. The van der Waals surface area contributed by atoms with Crippen LogP contribution in [-0.2, 0) is 0 Å². The molecule has 0 aliphatic carbocycles. The van der Waals surface area contributed by atoms with Gasteiger partial charge in [-0.05, 0) is 165 Å². The van der Waals surface area contributed by atoms with Crippen molar-refractivity contribution in [3.63, 3.8) is 0 Å². The van der Waals surface area contributed by atoms with E-state index in [0.717, 1.165) is 50.3 Å². The molecular formula is C92H56N4OS. The highest BCUT2D eigenvalue weighted by Gasteiger charge is 2.24. The molecule has 22 aromatic rings. The van der Waals surface area contributed by atoms with E-state index in [0.29, 0.717) is 0 Å². The molecule has 0 spiro atoms. The van der Waals surface area contributed by atoms with Crippen LogP contribution < -0.4 is 0 Å². The summed E-state index contributed by atoms with van der Waals surface area (Å²) in [7, 11) is 0. The third kappa shape index (κ3) is 8.13. The first-order valence-corrected chi connectivity index (χ1v) is 34.4. The van der Waals surface area contributed by atoms with E-state index >= 15 is 0 Å². The molecule has 0 aliphatic rings. The average Bonchev–Trinajstić information content (AvgIpc) is 1.55. The van der Waals surface area contributed by atoms with Crippen LogP contribution in [0.3, 0.4) is 0 Å². The van der Waals surface area contributed by atoms with Gasteiger partial charge in [-0.1, -0.05) is 218 Å². The van der Waals surface area contributed by atoms with Crippen LogP contribution in [0.15, 0.2) is 344 Å². The molecule has 0 fully saturated rings. The Kier molecular flexibility index (Phi) is 11.9. The number of benzene rings is 16. The van der Waals surface area contributed by atoms with Gasteiger partial charge in [-0.15, -0.1) is 11.3 Å². The number of thiophene rings is 1. The van der Waals surface area contributed by atoms with Gasteiger partial charge in [0.15, 0.2) is 0 Å². The molecule has 6 heterocycles. The van der Waals surface area contributed by atoms with Crippen molar-refractivity contribution in [3.05, 3.63) is 340 Å². The number of furan rings is 1. The zero-order chi connectivity index (χ0) is 64.1. The maximum Gasteiger partial charge on any atom is 0.136 e. The summed E-state index contributed by atoms with van der Waals surface area (Å²) >= 11 is 1.87. The van der Waals surface area contributed by atoms with Crippen molar-refractivity contribution in [2.45, 2.75) is 0 Å². The Morgan fingerprint density at radius 2 is 0.612 bits per heavy atom. The first-order chi connectivity index (χ1) is 48.6. The van der Waals surface area contributed by atoms with Crippen LogP contribution in [0.25, 0.3) is 196 Å². The third-order valence-corrected chi connectivity index (χ3v) is 21.7. The van der Waals surface area contributed by atoms with Crippen molar-refractivity contribution in [2.24, 2.45) is 0 Å². The van der Waals surface area contributed by atoms with Crippen LogP contribution in [-0.4, -0.2) is 18.3 Å². The highest BCUT2D eigenvalue weighted by molar-refractivity contribution is 7.26. The second kappa shape index (κ2) is 21.4. The van der Waals surface area contributed by atoms with Crippen molar-refractivity contribution in [2.75, 3.05) is 0 Å². The normalized spacial score (nSPS) is 12.1. The summed E-state index contributed by atoms with van der Waals surface area (Å²) in [4.78, 5) is 0. The summed E-state index contributed by atoms with van der Waals surface area (Å²) in [6.07, 6.45) is 0. The Bertz CT molecular complexity index is 6630. The molecule has 0 atom stereocenters. The van der Waals surface area contributed by atoms with E-state index in [1.165, 1.54) is 146 Å². The molecule has 456 valence electrons. The molecule has 5 nitrogen and oxygen atoms in total. The fourth-order valence-electron chi connectivity index (χ4n) is 16.4. The predicted octanol–water partition coefficient (Wildman–Crippen LogP) is 25.7. The van der Waals surface area contributed by atoms with E-state index in [-0.39, 0.29) is 0 Å². The minimum absolute atomic E-state index is 0.907. The smallest absolute Gasteiger partial charge is 0.136 e. The molecule has 6 aromatic heterocycles. The van der Waals surface area contributed by atoms with E-state index in [2.05, 4.69) is 346 Å². The number of para-hydroxylation sites is 5. The van der Waals surface area contributed by atoms with Gasteiger partial charge in [-0.3, -0.25) is 0 Å². The van der Waals surface area contributed by atoms with Crippen molar-refractivity contribution in [3.8, 4) is 45.0 Å². The Hall–Kier alpha value is -12.7. The van der Waals surface area contributed by atoms with Crippen molar-refractivity contribution >= 4 is 162 Å². The zero-order valence-corrected chi connectivity index (χ0v) is 53.8. The molecular weight excluding hydrogens is 1210 g/mol. The molecule has 0 aliphatic heterocycles. The highest BCUT2D eigenvalue weighted by Crippen LogP contribution is 2.47. The zero-order valence-electron chi connectivity index (χ0n) is 52.9. The first kappa shape index (κ1) is 54.6. The van der Waals surface area contributed by atoms with E-state index in [4.69, 9.17) is 4.42 Å². The average molecular weight is 1270 g/mol. The van der Waals surface area contributed by atoms with Crippen molar-refractivity contribution < 1.29 is 4.42 Å². The fourth-order valence-corrected chi connectivity index (χ4v) is 17.6. The van der Waals surface area contributed by atoms with Crippen LogP contribution >= 0.6 is 11.3 Å². The fraction of sp³-hybridized carbons (Fsp3) is 0. The van der Waals surface area contributed by atoms with E-state index in [1.54, 1.807) is 0 Å². The van der Waals surface area contributed by atoms with Gasteiger partial charge in [0.25, 0.3) is 0 Å². The lowest BCUT2D eigenvalue weighted by Crippen LogP contribution is -1.96.